The van der Waals surface area contributed by atoms with Crippen molar-refractivity contribution in [2.45, 2.75) is 141 Å². The Bertz CT molecular complexity index is 1260. The van der Waals surface area contributed by atoms with Crippen molar-refractivity contribution < 1.29 is 49.0 Å². The number of hydrogen-bond acceptors (Lipinski definition) is 10. The van der Waals surface area contributed by atoms with Crippen LogP contribution >= 0.6 is 0 Å². The quantitative estimate of drug-likeness (QED) is 0.0247. The SMILES string of the molecule is CC/C=C/C=C/C=C/C=C/C=C/CCCC(=O)OC(COC(=O)CCC/C=C/C/C=C/C/C=C/C/C=C/CCCCC)CO[C@H]1O[C@@H](CO)[C@@H](O)C(O)C1O. The molecule has 0 aliphatic carbocycles. The fourth-order valence-electron chi connectivity index (χ4n) is 5.09. The van der Waals surface area contributed by atoms with E-state index in [9.17, 15) is 30.0 Å². The van der Waals surface area contributed by atoms with E-state index in [0.717, 1.165) is 32.1 Å². The molecule has 10 nitrogen and oxygen atoms in total. The van der Waals surface area contributed by atoms with Gasteiger partial charge in [-0.3, -0.25) is 9.59 Å². The van der Waals surface area contributed by atoms with Crippen molar-refractivity contribution in [3.63, 3.8) is 0 Å². The highest BCUT2D eigenvalue weighted by molar-refractivity contribution is 5.70. The minimum absolute atomic E-state index is 0.115. The predicted octanol–water partition coefficient (Wildman–Crippen LogP) is 7.76. The lowest BCUT2D eigenvalue weighted by Crippen LogP contribution is -2.59. The molecule has 1 saturated heterocycles. The lowest BCUT2D eigenvalue weighted by atomic mass is 9.99. The largest absolute Gasteiger partial charge is 0.462 e. The van der Waals surface area contributed by atoms with Gasteiger partial charge in [0.2, 0.25) is 0 Å². The number of hydrogen-bond donors (Lipinski definition) is 4. The van der Waals surface area contributed by atoms with Crippen molar-refractivity contribution in [1.29, 1.82) is 0 Å². The monoisotopic (exact) mass is 768 g/mol. The maximum absolute atomic E-state index is 12.7. The zero-order valence-corrected chi connectivity index (χ0v) is 33.1. The van der Waals surface area contributed by atoms with E-state index >= 15 is 0 Å². The van der Waals surface area contributed by atoms with Gasteiger partial charge >= 0.3 is 11.9 Å². The summed E-state index contributed by atoms with van der Waals surface area (Å²) in [5.74, 6) is -0.975. The van der Waals surface area contributed by atoms with Crippen LogP contribution in [0.4, 0.5) is 0 Å². The highest BCUT2D eigenvalue weighted by Crippen LogP contribution is 2.22. The Morgan fingerprint density at radius 3 is 1.71 bits per heavy atom. The van der Waals surface area contributed by atoms with Crippen LogP contribution in [0.1, 0.15) is 104 Å². The maximum atomic E-state index is 12.7. The van der Waals surface area contributed by atoms with Crippen LogP contribution in [0.3, 0.4) is 0 Å². The highest BCUT2D eigenvalue weighted by atomic mass is 16.7. The van der Waals surface area contributed by atoms with Crippen LogP contribution in [-0.2, 0) is 28.5 Å². The van der Waals surface area contributed by atoms with Crippen LogP contribution in [-0.4, -0.2) is 89.0 Å². The van der Waals surface area contributed by atoms with Crippen molar-refractivity contribution >= 4 is 11.9 Å². The van der Waals surface area contributed by atoms with Crippen molar-refractivity contribution in [3.05, 3.63) is 109 Å². The highest BCUT2D eigenvalue weighted by Gasteiger charge is 2.44. The Morgan fingerprint density at radius 1 is 0.600 bits per heavy atom. The average molecular weight is 769 g/mol. The molecule has 0 radical (unpaired) electrons. The van der Waals surface area contributed by atoms with Gasteiger partial charge in [0.25, 0.3) is 0 Å². The van der Waals surface area contributed by atoms with E-state index in [0.29, 0.717) is 25.7 Å². The predicted molar refractivity (Wildman–Crippen MR) is 219 cm³/mol. The summed E-state index contributed by atoms with van der Waals surface area (Å²) in [6.45, 7) is 3.07. The van der Waals surface area contributed by atoms with Gasteiger partial charge in [-0.05, 0) is 64.2 Å². The molecule has 1 fully saturated rings. The molecule has 0 spiro atoms. The summed E-state index contributed by atoms with van der Waals surface area (Å²) in [6.07, 6.45) is 39.7. The van der Waals surface area contributed by atoms with E-state index in [1.165, 1.54) is 19.3 Å². The Kier molecular flexibility index (Phi) is 31.3. The van der Waals surface area contributed by atoms with Crippen molar-refractivity contribution in [1.82, 2.24) is 0 Å². The number of ether oxygens (including phenoxy) is 4. The number of aliphatic hydroxyl groups is 4. The molecular formula is C45H68O10. The molecule has 0 saturated carbocycles. The first-order valence-electron chi connectivity index (χ1n) is 20.0. The normalized spacial score (nSPS) is 21.7. The number of esters is 2. The first kappa shape index (κ1) is 49.4. The topological polar surface area (TPSA) is 152 Å². The summed E-state index contributed by atoms with van der Waals surface area (Å²) in [5.41, 5.74) is 0. The van der Waals surface area contributed by atoms with E-state index in [1.54, 1.807) is 0 Å². The number of unbranched alkanes of at least 4 members (excludes halogenated alkanes) is 5. The molecule has 308 valence electrons. The molecule has 1 heterocycles. The molecule has 0 aromatic heterocycles. The van der Waals surface area contributed by atoms with Gasteiger partial charge < -0.3 is 39.4 Å². The Labute approximate surface area is 330 Å². The average Bonchev–Trinajstić information content (AvgIpc) is 3.18. The number of carbonyl (C=O) groups is 2. The molecule has 3 unspecified atom stereocenters. The minimum atomic E-state index is -1.62. The number of carbonyl (C=O) groups excluding carboxylic acids is 2. The smallest absolute Gasteiger partial charge is 0.306 e. The van der Waals surface area contributed by atoms with Gasteiger partial charge in [0.1, 0.15) is 31.0 Å². The first-order chi connectivity index (χ1) is 26.8. The summed E-state index contributed by atoms with van der Waals surface area (Å²) in [7, 11) is 0. The Hall–Kier alpha value is -3.64. The maximum Gasteiger partial charge on any atom is 0.306 e. The number of aliphatic hydroxyl groups excluding tert-OH is 4. The van der Waals surface area contributed by atoms with Crippen molar-refractivity contribution in [2.75, 3.05) is 19.8 Å². The molecule has 0 bridgehead atoms. The van der Waals surface area contributed by atoms with Gasteiger partial charge in [-0.2, -0.15) is 0 Å². The van der Waals surface area contributed by atoms with Crippen molar-refractivity contribution in [3.8, 4) is 0 Å². The van der Waals surface area contributed by atoms with Crippen LogP contribution in [0, 0.1) is 0 Å². The van der Waals surface area contributed by atoms with E-state index in [1.807, 2.05) is 60.8 Å². The third-order valence-corrected chi connectivity index (χ3v) is 8.27. The molecule has 1 aliphatic rings. The third kappa shape index (κ3) is 26.7. The van der Waals surface area contributed by atoms with Crippen LogP contribution in [0.25, 0.3) is 0 Å². The van der Waals surface area contributed by atoms with Gasteiger partial charge in [-0.1, -0.05) is 136 Å². The van der Waals surface area contributed by atoms with Crippen LogP contribution in [0.15, 0.2) is 109 Å². The van der Waals surface area contributed by atoms with Gasteiger partial charge in [-0.15, -0.1) is 0 Å². The standard InChI is InChI=1S/C45H68O10/c1-3-5-7-9-11-13-15-17-18-19-20-22-23-25-27-29-31-33-40(47)52-36-38(37-53-45-44(51)43(50)42(49)39(35-46)55-45)54-41(48)34-32-30-28-26-24-21-16-14-12-10-8-6-4-2/h6,8,10-14,16-18,20-22,24-28,38-39,42-46,49-51H,3-5,7,9,15,19,23,29-37H2,1-2H3/b8-6+,12-10+,13-11+,16-14+,18-17+,22-20+,24-21+,27-25+,28-26+/t38?,39-,42+,43?,44?,45-/m0/s1. The fraction of sp³-hybridized carbons (Fsp3) is 0.556. The second-order valence-electron chi connectivity index (χ2n) is 13.1. The van der Waals surface area contributed by atoms with Crippen molar-refractivity contribution in [2.24, 2.45) is 0 Å². The van der Waals surface area contributed by atoms with Gasteiger partial charge in [0.05, 0.1) is 13.2 Å². The first-order valence-corrected chi connectivity index (χ1v) is 20.0. The zero-order chi connectivity index (χ0) is 40.2. The molecule has 55 heavy (non-hydrogen) atoms. The molecule has 6 atom stereocenters. The molecule has 10 heteroatoms. The lowest BCUT2D eigenvalue weighted by Gasteiger charge is -2.39. The molecule has 4 N–H and O–H groups in total. The van der Waals surface area contributed by atoms with E-state index < -0.39 is 55.4 Å². The molecule has 0 aromatic carbocycles. The van der Waals surface area contributed by atoms with Gasteiger partial charge in [-0.25, -0.2) is 0 Å². The molecule has 1 aliphatic heterocycles. The Morgan fingerprint density at radius 2 is 1.13 bits per heavy atom. The Balaban J connectivity index is 2.49. The molecule has 1 rings (SSSR count). The molecular weight excluding hydrogens is 700 g/mol. The van der Waals surface area contributed by atoms with E-state index in [-0.39, 0.29) is 26.1 Å². The molecule has 0 aromatic rings. The summed E-state index contributed by atoms with van der Waals surface area (Å²) < 4.78 is 21.9. The minimum Gasteiger partial charge on any atom is -0.462 e. The number of rotatable bonds is 30. The van der Waals surface area contributed by atoms with Crippen LogP contribution in [0.5, 0.6) is 0 Å². The molecule has 0 amide bonds. The van der Waals surface area contributed by atoms with Crippen LogP contribution < -0.4 is 0 Å². The van der Waals surface area contributed by atoms with Gasteiger partial charge in [0.15, 0.2) is 12.4 Å². The van der Waals surface area contributed by atoms with E-state index in [2.05, 4.69) is 62.5 Å². The number of allylic oxidation sites excluding steroid dienone is 18. The lowest BCUT2D eigenvalue weighted by molar-refractivity contribution is -0.305. The summed E-state index contributed by atoms with van der Waals surface area (Å²) >= 11 is 0. The third-order valence-electron chi connectivity index (χ3n) is 8.27. The summed E-state index contributed by atoms with van der Waals surface area (Å²) in [6, 6.07) is 0. The second-order valence-corrected chi connectivity index (χ2v) is 13.1. The summed E-state index contributed by atoms with van der Waals surface area (Å²) in [4.78, 5) is 25.2. The van der Waals surface area contributed by atoms with Crippen LogP contribution in [0.2, 0.25) is 0 Å². The zero-order valence-electron chi connectivity index (χ0n) is 33.1. The van der Waals surface area contributed by atoms with E-state index in [4.69, 9.17) is 18.9 Å². The second kappa shape index (κ2) is 34.8. The van der Waals surface area contributed by atoms with Gasteiger partial charge in [0, 0.05) is 12.8 Å². The fourth-order valence-corrected chi connectivity index (χ4v) is 5.09. The summed E-state index contributed by atoms with van der Waals surface area (Å²) in [5, 5.41) is 39.9.